The molecule has 0 amide bonds. The molecule has 3 rings (SSSR count). The highest BCUT2D eigenvalue weighted by molar-refractivity contribution is 5.32. The Morgan fingerprint density at radius 2 is 2.00 bits per heavy atom. The molecule has 1 aromatic rings. The lowest BCUT2D eigenvalue weighted by Crippen LogP contribution is -2.29. The van der Waals surface area contributed by atoms with Crippen LogP contribution >= 0.6 is 0 Å². The first-order valence-electron chi connectivity index (χ1n) is 6.24. The van der Waals surface area contributed by atoms with Crippen molar-refractivity contribution in [1.82, 2.24) is 5.32 Å². The second-order valence-corrected chi connectivity index (χ2v) is 4.98. The van der Waals surface area contributed by atoms with Crippen LogP contribution in [0.25, 0.3) is 0 Å². The third kappa shape index (κ3) is 2.07. The highest BCUT2D eigenvalue weighted by atomic mass is 14.9. The normalized spacial score (nSPS) is 24.9. The van der Waals surface area contributed by atoms with Gasteiger partial charge >= 0.3 is 0 Å². The molecule has 0 radical (unpaired) electrons. The van der Waals surface area contributed by atoms with Crippen LogP contribution in [0.5, 0.6) is 0 Å². The van der Waals surface area contributed by atoms with Crippen molar-refractivity contribution in [3.63, 3.8) is 0 Å². The van der Waals surface area contributed by atoms with Crippen molar-refractivity contribution in [3.8, 4) is 0 Å². The summed E-state index contributed by atoms with van der Waals surface area (Å²) in [7, 11) is 0. The molecule has 0 bridgehead atoms. The van der Waals surface area contributed by atoms with Gasteiger partial charge < -0.3 is 5.32 Å². The molecule has 1 aliphatic heterocycles. The van der Waals surface area contributed by atoms with Crippen LogP contribution in [-0.4, -0.2) is 6.54 Å². The molecule has 1 atom stereocenters. The van der Waals surface area contributed by atoms with Gasteiger partial charge in [0.1, 0.15) is 0 Å². The molecule has 1 fully saturated rings. The van der Waals surface area contributed by atoms with E-state index in [1.807, 2.05) is 0 Å². The van der Waals surface area contributed by atoms with Gasteiger partial charge in [0.2, 0.25) is 0 Å². The van der Waals surface area contributed by atoms with Gasteiger partial charge in [-0.15, -0.1) is 0 Å². The summed E-state index contributed by atoms with van der Waals surface area (Å²) in [5.41, 5.74) is 3.13. The Balaban J connectivity index is 1.73. The van der Waals surface area contributed by atoms with E-state index in [0.29, 0.717) is 6.04 Å². The number of benzene rings is 1. The van der Waals surface area contributed by atoms with Crippen LogP contribution in [0.2, 0.25) is 0 Å². The molecule has 80 valence electrons. The van der Waals surface area contributed by atoms with Crippen LogP contribution in [0.1, 0.15) is 42.9 Å². The summed E-state index contributed by atoms with van der Waals surface area (Å²) in [6.07, 6.45) is 6.92. The molecule has 2 aliphatic rings. The maximum absolute atomic E-state index is 3.66. The van der Waals surface area contributed by atoms with Crippen LogP contribution < -0.4 is 5.32 Å². The Morgan fingerprint density at radius 1 is 1.13 bits per heavy atom. The van der Waals surface area contributed by atoms with Crippen molar-refractivity contribution in [1.29, 1.82) is 0 Å². The molecule has 15 heavy (non-hydrogen) atoms. The van der Waals surface area contributed by atoms with Crippen molar-refractivity contribution < 1.29 is 0 Å². The van der Waals surface area contributed by atoms with Crippen LogP contribution in [0.4, 0.5) is 0 Å². The average molecular weight is 201 g/mol. The van der Waals surface area contributed by atoms with E-state index in [2.05, 4.69) is 29.6 Å². The Morgan fingerprint density at radius 3 is 2.87 bits per heavy atom. The summed E-state index contributed by atoms with van der Waals surface area (Å²) in [5, 5.41) is 3.66. The summed E-state index contributed by atoms with van der Waals surface area (Å²) < 4.78 is 0. The second kappa shape index (κ2) is 3.97. The van der Waals surface area contributed by atoms with Gasteiger partial charge in [0.05, 0.1) is 0 Å². The first kappa shape index (κ1) is 9.41. The lowest BCUT2D eigenvalue weighted by molar-refractivity contribution is 0.450. The fourth-order valence-corrected chi connectivity index (χ4v) is 2.66. The van der Waals surface area contributed by atoms with Crippen molar-refractivity contribution in [3.05, 3.63) is 35.4 Å². The minimum atomic E-state index is 0.635. The summed E-state index contributed by atoms with van der Waals surface area (Å²) in [4.78, 5) is 0. The molecule has 1 N–H and O–H groups in total. The van der Waals surface area contributed by atoms with Crippen LogP contribution in [-0.2, 0) is 6.42 Å². The fraction of sp³-hybridized carbons (Fsp3) is 0.571. The molecule has 1 unspecified atom stereocenters. The van der Waals surface area contributed by atoms with Crippen molar-refractivity contribution in [2.24, 2.45) is 5.92 Å². The Kier molecular flexibility index (Phi) is 2.49. The SMILES string of the molecule is c1ccc2c(c1)CCNC2CCC1CC1. The number of hydrogen-bond acceptors (Lipinski definition) is 1. The van der Waals surface area contributed by atoms with Crippen LogP contribution in [0, 0.1) is 5.92 Å². The zero-order valence-corrected chi connectivity index (χ0v) is 9.21. The molecule has 1 nitrogen and oxygen atoms in total. The van der Waals surface area contributed by atoms with E-state index in [1.165, 1.54) is 32.1 Å². The van der Waals surface area contributed by atoms with Crippen molar-refractivity contribution in [2.45, 2.75) is 38.1 Å². The molecule has 0 aromatic heterocycles. The summed E-state index contributed by atoms with van der Waals surface area (Å²) in [6, 6.07) is 9.58. The molecule has 1 saturated carbocycles. The number of fused-ring (bicyclic) bond motifs is 1. The van der Waals surface area contributed by atoms with E-state index in [-0.39, 0.29) is 0 Å². The topological polar surface area (TPSA) is 12.0 Å². The lowest BCUT2D eigenvalue weighted by atomic mass is 9.91. The Hall–Kier alpha value is -0.820. The first-order valence-corrected chi connectivity index (χ1v) is 6.24. The molecule has 0 spiro atoms. The van der Waals surface area contributed by atoms with E-state index < -0.39 is 0 Å². The van der Waals surface area contributed by atoms with Crippen molar-refractivity contribution in [2.75, 3.05) is 6.54 Å². The zero-order valence-electron chi connectivity index (χ0n) is 9.21. The van der Waals surface area contributed by atoms with E-state index in [1.54, 1.807) is 11.1 Å². The summed E-state index contributed by atoms with van der Waals surface area (Å²) in [6.45, 7) is 1.16. The molecule has 1 aromatic carbocycles. The van der Waals surface area contributed by atoms with Gasteiger partial charge in [0.15, 0.2) is 0 Å². The smallest absolute Gasteiger partial charge is 0.0323 e. The van der Waals surface area contributed by atoms with Gasteiger partial charge in [-0.1, -0.05) is 37.1 Å². The first-order chi connectivity index (χ1) is 7.43. The molecule has 1 aliphatic carbocycles. The van der Waals surface area contributed by atoms with Gasteiger partial charge in [-0.25, -0.2) is 0 Å². The quantitative estimate of drug-likeness (QED) is 0.792. The third-order valence-corrected chi connectivity index (χ3v) is 3.78. The van der Waals surface area contributed by atoms with Crippen molar-refractivity contribution >= 4 is 0 Å². The number of nitrogens with one attached hydrogen (secondary N) is 1. The van der Waals surface area contributed by atoms with E-state index in [9.17, 15) is 0 Å². The predicted octanol–water partition coefficient (Wildman–Crippen LogP) is 3.06. The standard InChI is InChI=1S/C14H19N/c1-2-4-13-12(3-1)9-10-15-14(13)8-7-11-5-6-11/h1-4,11,14-15H,5-10H2. The van der Waals surface area contributed by atoms with Gasteiger partial charge in [-0.3, -0.25) is 0 Å². The largest absolute Gasteiger partial charge is 0.310 e. The molecule has 0 saturated heterocycles. The summed E-state index contributed by atoms with van der Waals surface area (Å²) in [5.74, 6) is 1.06. The molecular formula is C14H19N. The highest BCUT2D eigenvalue weighted by Gasteiger charge is 2.24. The maximum atomic E-state index is 3.66. The van der Waals surface area contributed by atoms with Crippen LogP contribution in [0.15, 0.2) is 24.3 Å². The fourth-order valence-electron chi connectivity index (χ4n) is 2.66. The second-order valence-electron chi connectivity index (χ2n) is 4.98. The van der Waals surface area contributed by atoms with E-state index in [0.717, 1.165) is 12.5 Å². The van der Waals surface area contributed by atoms with Crippen LogP contribution in [0.3, 0.4) is 0 Å². The predicted molar refractivity (Wildman–Crippen MR) is 62.8 cm³/mol. The van der Waals surface area contributed by atoms with Gasteiger partial charge in [-0.05, 0) is 42.9 Å². The number of rotatable bonds is 3. The minimum Gasteiger partial charge on any atom is -0.310 e. The molecule has 1 heterocycles. The van der Waals surface area contributed by atoms with E-state index in [4.69, 9.17) is 0 Å². The highest BCUT2D eigenvalue weighted by Crippen LogP contribution is 2.36. The Labute approximate surface area is 91.9 Å². The summed E-state index contributed by atoms with van der Waals surface area (Å²) >= 11 is 0. The van der Waals surface area contributed by atoms with E-state index >= 15 is 0 Å². The van der Waals surface area contributed by atoms with Gasteiger partial charge in [0, 0.05) is 6.04 Å². The van der Waals surface area contributed by atoms with Gasteiger partial charge in [-0.2, -0.15) is 0 Å². The Bertz CT molecular complexity index is 341. The minimum absolute atomic E-state index is 0.635. The number of hydrogen-bond donors (Lipinski definition) is 1. The monoisotopic (exact) mass is 201 g/mol. The van der Waals surface area contributed by atoms with Gasteiger partial charge in [0.25, 0.3) is 0 Å². The maximum Gasteiger partial charge on any atom is 0.0323 e. The molecule has 1 heteroatoms. The zero-order chi connectivity index (χ0) is 10.1. The molecular weight excluding hydrogens is 182 g/mol. The lowest BCUT2D eigenvalue weighted by Gasteiger charge is -2.26. The third-order valence-electron chi connectivity index (χ3n) is 3.78. The average Bonchev–Trinajstić information content (AvgIpc) is 3.10.